The fourth-order valence-corrected chi connectivity index (χ4v) is 3.64. The Morgan fingerprint density at radius 2 is 1.93 bits per heavy atom. The highest BCUT2D eigenvalue weighted by atomic mass is 19.1. The average molecular weight is 397 g/mol. The number of aromatic nitrogens is 2. The van der Waals surface area contributed by atoms with Crippen LogP contribution in [-0.2, 0) is 13.2 Å². The molecule has 3 heterocycles. The zero-order valence-corrected chi connectivity index (χ0v) is 15.7. The summed E-state index contributed by atoms with van der Waals surface area (Å²) in [6.45, 7) is 3.10. The van der Waals surface area contributed by atoms with Crippen molar-refractivity contribution in [2.75, 3.05) is 19.9 Å². The molecule has 8 heteroatoms. The van der Waals surface area contributed by atoms with Crippen LogP contribution in [0.5, 0.6) is 17.2 Å². The Balaban J connectivity index is 1.16. The van der Waals surface area contributed by atoms with E-state index in [4.69, 9.17) is 18.6 Å². The molecule has 3 aromatic rings. The van der Waals surface area contributed by atoms with Crippen molar-refractivity contribution < 1.29 is 23.0 Å². The Kier molecular flexibility index (Phi) is 4.77. The third kappa shape index (κ3) is 4.02. The minimum Gasteiger partial charge on any atom is -0.484 e. The highest BCUT2D eigenvalue weighted by molar-refractivity contribution is 5.44. The first kappa shape index (κ1) is 17.9. The number of halogens is 1. The van der Waals surface area contributed by atoms with Crippen molar-refractivity contribution in [3.05, 3.63) is 65.6 Å². The summed E-state index contributed by atoms with van der Waals surface area (Å²) >= 11 is 0. The van der Waals surface area contributed by atoms with Crippen molar-refractivity contribution in [1.82, 2.24) is 15.1 Å². The lowest BCUT2D eigenvalue weighted by Crippen LogP contribution is -2.19. The van der Waals surface area contributed by atoms with Gasteiger partial charge in [0.1, 0.15) is 11.6 Å². The molecule has 2 aliphatic heterocycles. The van der Waals surface area contributed by atoms with Crippen LogP contribution in [0, 0.1) is 5.82 Å². The van der Waals surface area contributed by atoms with E-state index in [1.807, 2.05) is 12.1 Å². The smallest absolute Gasteiger partial charge is 0.253 e. The predicted octanol–water partition coefficient (Wildman–Crippen LogP) is 3.51. The Morgan fingerprint density at radius 1 is 1.07 bits per heavy atom. The van der Waals surface area contributed by atoms with Crippen LogP contribution in [0.2, 0.25) is 0 Å². The van der Waals surface area contributed by atoms with Crippen LogP contribution in [0.1, 0.15) is 29.7 Å². The third-order valence-corrected chi connectivity index (χ3v) is 5.12. The fourth-order valence-electron chi connectivity index (χ4n) is 3.64. The first-order valence-electron chi connectivity index (χ1n) is 9.54. The van der Waals surface area contributed by atoms with Gasteiger partial charge in [0.25, 0.3) is 5.89 Å². The number of benzene rings is 2. The summed E-state index contributed by atoms with van der Waals surface area (Å²) in [6, 6.07) is 11.9. The molecule has 29 heavy (non-hydrogen) atoms. The summed E-state index contributed by atoms with van der Waals surface area (Å²) < 4.78 is 35.1. The molecule has 5 rings (SSSR count). The van der Waals surface area contributed by atoms with Crippen LogP contribution in [-0.4, -0.2) is 35.0 Å². The van der Waals surface area contributed by atoms with Crippen molar-refractivity contribution in [1.29, 1.82) is 0 Å². The molecule has 1 atom stereocenters. The topological polar surface area (TPSA) is 69.9 Å². The van der Waals surface area contributed by atoms with Gasteiger partial charge in [-0.15, -0.1) is 10.2 Å². The second kappa shape index (κ2) is 7.71. The van der Waals surface area contributed by atoms with E-state index >= 15 is 0 Å². The second-order valence-corrected chi connectivity index (χ2v) is 7.18. The predicted molar refractivity (Wildman–Crippen MR) is 100 cm³/mol. The molecule has 0 radical (unpaired) electrons. The lowest BCUT2D eigenvalue weighted by atomic mass is 10.1. The van der Waals surface area contributed by atoms with Gasteiger partial charge in [-0.25, -0.2) is 4.39 Å². The maximum Gasteiger partial charge on any atom is 0.253 e. The van der Waals surface area contributed by atoms with Gasteiger partial charge in [-0.05, 0) is 54.9 Å². The van der Waals surface area contributed by atoms with Gasteiger partial charge in [-0.1, -0.05) is 6.07 Å². The van der Waals surface area contributed by atoms with E-state index in [0.29, 0.717) is 17.5 Å². The molecule has 2 aliphatic rings. The average Bonchev–Trinajstić information content (AvgIpc) is 3.48. The van der Waals surface area contributed by atoms with Crippen LogP contribution in [0.25, 0.3) is 0 Å². The van der Waals surface area contributed by atoms with Gasteiger partial charge in [-0.2, -0.15) is 0 Å². The molecule has 0 aliphatic carbocycles. The van der Waals surface area contributed by atoms with Crippen LogP contribution in [0.3, 0.4) is 0 Å². The molecule has 0 amide bonds. The molecule has 7 nitrogen and oxygen atoms in total. The van der Waals surface area contributed by atoms with Gasteiger partial charge >= 0.3 is 0 Å². The number of likely N-dealkylation sites (tertiary alicyclic amines) is 1. The number of nitrogens with zero attached hydrogens (tertiary/aromatic N) is 3. The minimum absolute atomic E-state index is 0.159. The molecule has 150 valence electrons. The van der Waals surface area contributed by atoms with Crippen molar-refractivity contribution in [3.8, 4) is 17.2 Å². The van der Waals surface area contributed by atoms with Crippen molar-refractivity contribution in [2.24, 2.45) is 0 Å². The molecule has 0 N–H and O–H groups in total. The minimum atomic E-state index is -0.302. The Bertz CT molecular complexity index is 992. The van der Waals surface area contributed by atoms with Crippen LogP contribution in [0.15, 0.2) is 46.9 Å². The molecular weight excluding hydrogens is 377 g/mol. The highest BCUT2D eigenvalue weighted by Crippen LogP contribution is 2.34. The van der Waals surface area contributed by atoms with Gasteiger partial charge in [0.2, 0.25) is 12.7 Å². The van der Waals surface area contributed by atoms with Gasteiger partial charge in [0.05, 0.1) is 5.92 Å². The number of rotatable bonds is 6. The summed E-state index contributed by atoms with van der Waals surface area (Å²) in [5, 5.41) is 8.27. The number of hydrogen-bond acceptors (Lipinski definition) is 7. The number of hydrogen-bond donors (Lipinski definition) is 0. The lowest BCUT2D eigenvalue weighted by Gasteiger charge is -2.15. The Hall–Kier alpha value is -3.13. The van der Waals surface area contributed by atoms with Crippen molar-refractivity contribution in [2.45, 2.75) is 25.5 Å². The van der Waals surface area contributed by atoms with Gasteiger partial charge in [0.15, 0.2) is 18.1 Å². The van der Waals surface area contributed by atoms with Crippen molar-refractivity contribution in [3.63, 3.8) is 0 Å². The molecular formula is C21H20FN3O4. The molecule has 0 spiro atoms. The largest absolute Gasteiger partial charge is 0.484 e. The first-order chi connectivity index (χ1) is 14.2. The Labute approximate surface area is 167 Å². The zero-order chi connectivity index (χ0) is 19.6. The molecule has 0 bridgehead atoms. The molecule has 1 unspecified atom stereocenters. The highest BCUT2D eigenvalue weighted by Gasteiger charge is 2.28. The quantitative estimate of drug-likeness (QED) is 0.630. The summed E-state index contributed by atoms with van der Waals surface area (Å²) in [7, 11) is 0. The van der Waals surface area contributed by atoms with E-state index in [1.165, 1.54) is 17.7 Å². The van der Waals surface area contributed by atoms with Crippen molar-refractivity contribution >= 4 is 0 Å². The van der Waals surface area contributed by atoms with E-state index in [1.54, 1.807) is 12.1 Å². The first-order valence-corrected chi connectivity index (χ1v) is 9.54. The van der Waals surface area contributed by atoms with E-state index in [9.17, 15) is 4.39 Å². The van der Waals surface area contributed by atoms with Gasteiger partial charge in [-0.3, -0.25) is 4.90 Å². The third-order valence-electron chi connectivity index (χ3n) is 5.12. The summed E-state index contributed by atoms with van der Waals surface area (Å²) in [5.74, 6) is 3.12. The maximum atomic E-state index is 12.9. The monoisotopic (exact) mass is 397 g/mol. The van der Waals surface area contributed by atoms with Crippen LogP contribution < -0.4 is 14.2 Å². The van der Waals surface area contributed by atoms with Gasteiger partial charge < -0.3 is 18.6 Å². The van der Waals surface area contributed by atoms with Gasteiger partial charge in [0, 0.05) is 13.1 Å². The zero-order valence-electron chi connectivity index (χ0n) is 15.7. The SMILES string of the molecule is Fc1ccc(OCc2nnc(C3CCN(Cc4ccc5c(c4)OCO5)C3)o2)cc1. The molecule has 1 saturated heterocycles. The number of ether oxygens (including phenoxy) is 3. The van der Waals surface area contributed by atoms with E-state index in [2.05, 4.69) is 21.2 Å². The maximum absolute atomic E-state index is 12.9. The molecule has 0 saturated carbocycles. The lowest BCUT2D eigenvalue weighted by molar-refractivity contribution is 0.174. The number of fused-ring (bicyclic) bond motifs is 1. The normalized spacial score (nSPS) is 18.3. The second-order valence-electron chi connectivity index (χ2n) is 7.18. The van der Waals surface area contributed by atoms with Crippen LogP contribution >= 0.6 is 0 Å². The fraction of sp³-hybridized carbons (Fsp3) is 0.333. The Morgan fingerprint density at radius 3 is 2.83 bits per heavy atom. The van der Waals surface area contributed by atoms with E-state index < -0.39 is 0 Å². The van der Waals surface area contributed by atoms with E-state index in [0.717, 1.165) is 37.6 Å². The van der Waals surface area contributed by atoms with E-state index in [-0.39, 0.29) is 25.1 Å². The summed E-state index contributed by atoms with van der Waals surface area (Å²) in [5.41, 5.74) is 1.19. The molecule has 1 aromatic heterocycles. The van der Waals surface area contributed by atoms with Crippen LogP contribution in [0.4, 0.5) is 4.39 Å². The summed E-state index contributed by atoms with van der Waals surface area (Å²) in [4.78, 5) is 2.36. The standard InChI is InChI=1S/C21H20FN3O4/c22-16-2-4-17(5-3-16)26-12-20-23-24-21(29-20)15-7-8-25(11-15)10-14-1-6-18-19(9-14)28-13-27-18/h1-6,9,15H,7-8,10-13H2. The molecule has 1 fully saturated rings. The molecule has 2 aromatic carbocycles. The summed E-state index contributed by atoms with van der Waals surface area (Å²) in [6.07, 6.45) is 0.963.